The SMILES string of the molecule is CCc1ccc(NC(=O)c2cccc(C(=O)NCc3ccccc3)c2)cc1. The van der Waals surface area contributed by atoms with Gasteiger partial charge in [0.05, 0.1) is 0 Å². The van der Waals surface area contributed by atoms with E-state index in [1.54, 1.807) is 24.3 Å². The molecule has 0 aliphatic carbocycles. The Morgan fingerprint density at radius 2 is 1.41 bits per heavy atom. The van der Waals surface area contributed by atoms with Gasteiger partial charge in [-0.15, -0.1) is 0 Å². The molecular formula is C23H22N2O2. The van der Waals surface area contributed by atoms with E-state index < -0.39 is 0 Å². The summed E-state index contributed by atoms with van der Waals surface area (Å²) >= 11 is 0. The first-order valence-electron chi connectivity index (χ1n) is 8.98. The minimum atomic E-state index is -0.239. The number of nitrogens with one attached hydrogen (secondary N) is 2. The van der Waals surface area contributed by atoms with E-state index in [1.165, 1.54) is 5.56 Å². The summed E-state index contributed by atoms with van der Waals surface area (Å²) in [5, 5.41) is 5.74. The molecule has 3 aromatic rings. The molecule has 0 aliphatic rings. The molecule has 0 aromatic heterocycles. The molecule has 136 valence electrons. The highest BCUT2D eigenvalue weighted by atomic mass is 16.2. The minimum Gasteiger partial charge on any atom is -0.348 e. The Balaban J connectivity index is 1.64. The van der Waals surface area contributed by atoms with Crippen molar-refractivity contribution in [1.29, 1.82) is 0 Å². The van der Waals surface area contributed by atoms with Crippen LogP contribution in [-0.4, -0.2) is 11.8 Å². The van der Waals surface area contributed by atoms with E-state index in [0.29, 0.717) is 17.7 Å². The molecular weight excluding hydrogens is 336 g/mol. The highest BCUT2D eigenvalue weighted by molar-refractivity contribution is 6.06. The fraction of sp³-hybridized carbons (Fsp3) is 0.130. The second-order valence-corrected chi connectivity index (χ2v) is 6.25. The summed E-state index contributed by atoms with van der Waals surface area (Å²) in [6.07, 6.45) is 0.953. The quantitative estimate of drug-likeness (QED) is 0.685. The maximum Gasteiger partial charge on any atom is 0.255 e. The predicted molar refractivity (Wildman–Crippen MR) is 108 cm³/mol. The normalized spacial score (nSPS) is 10.3. The fourth-order valence-electron chi connectivity index (χ4n) is 2.71. The van der Waals surface area contributed by atoms with Gasteiger partial charge in [-0.1, -0.05) is 55.5 Å². The van der Waals surface area contributed by atoms with Gasteiger partial charge in [0.15, 0.2) is 0 Å². The highest BCUT2D eigenvalue weighted by Crippen LogP contribution is 2.13. The Labute approximate surface area is 159 Å². The first kappa shape index (κ1) is 18.4. The van der Waals surface area contributed by atoms with Gasteiger partial charge in [0.1, 0.15) is 0 Å². The first-order chi connectivity index (χ1) is 13.2. The summed E-state index contributed by atoms with van der Waals surface area (Å²) in [6, 6.07) is 24.2. The van der Waals surface area contributed by atoms with Crippen LogP contribution < -0.4 is 10.6 Å². The average Bonchev–Trinajstić information content (AvgIpc) is 2.73. The number of rotatable bonds is 6. The Morgan fingerprint density at radius 3 is 2.07 bits per heavy atom. The van der Waals surface area contributed by atoms with Crippen molar-refractivity contribution in [2.75, 3.05) is 5.32 Å². The zero-order chi connectivity index (χ0) is 19.1. The number of hydrogen-bond donors (Lipinski definition) is 2. The Hall–Kier alpha value is -3.40. The molecule has 0 unspecified atom stereocenters. The van der Waals surface area contributed by atoms with Crippen LogP contribution in [0.25, 0.3) is 0 Å². The number of carbonyl (C=O) groups excluding carboxylic acids is 2. The second kappa shape index (κ2) is 8.81. The largest absolute Gasteiger partial charge is 0.348 e. The Bertz CT molecular complexity index is 919. The van der Waals surface area contributed by atoms with Crippen molar-refractivity contribution in [3.05, 3.63) is 101 Å². The number of aryl methyl sites for hydroxylation is 1. The lowest BCUT2D eigenvalue weighted by Gasteiger charge is -2.09. The molecule has 0 atom stereocenters. The smallest absolute Gasteiger partial charge is 0.255 e. The molecule has 2 N–H and O–H groups in total. The molecule has 3 aromatic carbocycles. The third-order valence-corrected chi connectivity index (χ3v) is 4.30. The Morgan fingerprint density at radius 1 is 0.741 bits per heavy atom. The van der Waals surface area contributed by atoms with Crippen LogP contribution in [0, 0.1) is 0 Å². The van der Waals surface area contributed by atoms with Gasteiger partial charge in [0.25, 0.3) is 11.8 Å². The molecule has 0 aliphatic heterocycles. The van der Waals surface area contributed by atoms with E-state index >= 15 is 0 Å². The lowest BCUT2D eigenvalue weighted by atomic mass is 10.1. The van der Waals surface area contributed by atoms with Crippen LogP contribution in [-0.2, 0) is 13.0 Å². The van der Waals surface area contributed by atoms with E-state index in [2.05, 4.69) is 17.6 Å². The number of amides is 2. The van der Waals surface area contributed by atoms with Gasteiger partial charge in [-0.05, 0) is 47.9 Å². The molecule has 4 nitrogen and oxygen atoms in total. The summed E-state index contributed by atoms with van der Waals surface area (Å²) in [5.41, 5.74) is 3.87. The van der Waals surface area contributed by atoms with Crippen molar-refractivity contribution in [2.45, 2.75) is 19.9 Å². The van der Waals surface area contributed by atoms with Crippen LogP contribution in [0.2, 0.25) is 0 Å². The summed E-state index contributed by atoms with van der Waals surface area (Å²) in [6.45, 7) is 2.53. The monoisotopic (exact) mass is 358 g/mol. The molecule has 0 heterocycles. The number of hydrogen-bond acceptors (Lipinski definition) is 2. The molecule has 0 saturated heterocycles. The molecule has 0 spiro atoms. The van der Waals surface area contributed by atoms with Crippen LogP contribution in [0.4, 0.5) is 5.69 Å². The molecule has 0 saturated carbocycles. The molecule has 0 fully saturated rings. The summed E-state index contributed by atoms with van der Waals surface area (Å²) < 4.78 is 0. The van der Waals surface area contributed by atoms with Crippen molar-refractivity contribution in [3.8, 4) is 0 Å². The molecule has 0 radical (unpaired) electrons. The van der Waals surface area contributed by atoms with E-state index in [9.17, 15) is 9.59 Å². The van der Waals surface area contributed by atoms with Gasteiger partial charge in [0.2, 0.25) is 0 Å². The van der Waals surface area contributed by atoms with Gasteiger partial charge in [-0.3, -0.25) is 9.59 Å². The molecule has 27 heavy (non-hydrogen) atoms. The summed E-state index contributed by atoms with van der Waals surface area (Å²) in [5.74, 6) is -0.447. The molecule has 2 amide bonds. The lowest BCUT2D eigenvalue weighted by Crippen LogP contribution is -2.23. The van der Waals surface area contributed by atoms with Gasteiger partial charge in [-0.2, -0.15) is 0 Å². The first-order valence-corrected chi connectivity index (χ1v) is 8.98. The second-order valence-electron chi connectivity index (χ2n) is 6.25. The average molecular weight is 358 g/mol. The number of anilines is 1. The van der Waals surface area contributed by atoms with Crippen LogP contribution >= 0.6 is 0 Å². The summed E-state index contributed by atoms with van der Waals surface area (Å²) in [7, 11) is 0. The van der Waals surface area contributed by atoms with Crippen LogP contribution in [0.5, 0.6) is 0 Å². The van der Waals surface area contributed by atoms with Crippen LogP contribution in [0.15, 0.2) is 78.9 Å². The molecule has 4 heteroatoms. The number of carbonyl (C=O) groups is 2. The number of benzene rings is 3. The van der Waals surface area contributed by atoms with Crippen LogP contribution in [0.3, 0.4) is 0 Å². The van der Waals surface area contributed by atoms with Crippen LogP contribution in [0.1, 0.15) is 38.8 Å². The van der Waals surface area contributed by atoms with Crippen molar-refractivity contribution in [3.63, 3.8) is 0 Å². The van der Waals surface area contributed by atoms with E-state index in [0.717, 1.165) is 17.7 Å². The van der Waals surface area contributed by atoms with Gasteiger partial charge >= 0.3 is 0 Å². The summed E-state index contributed by atoms with van der Waals surface area (Å²) in [4.78, 5) is 24.9. The van der Waals surface area contributed by atoms with E-state index in [-0.39, 0.29) is 11.8 Å². The van der Waals surface area contributed by atoms with Gasteiger partial charge in [-0.25, -0.2) is 0 Å². The Kier molecular flexibility index (Phi) is 6.00. The topological polar surface area (TPSA) is 58.2 Å². The standard InChI is InChI=1S/C23H22N2O2/c1-2-17-11-13-21(14-12-17)25-23(27)20-10-6-9-19(15-20)22(26)24-16-18-7-4-3-5-8-18/h3-15H,2,16H2,1H3,(H,24,26)(H,25,27). The third kappa shape index (κ3) is 5.05. The van der Waals surface area contributed by atoms with Crippen molar-refractivity contribution in [1.82, 2.24) is 5.32 Å². The van der Waals surface area contributed by atoms with E-state index in [4.69, 9.17) is 0 Å². The zero-order valence-corrected chi connectivity index (χ0v) is 15.2. The predicted octanol–water partition coefficient (Wildman–Crippen LogP) is 4.43. The van der Waals surface area contributed by atoms with Crippen molar-refractivity contribution in [2.24, 2.45) is 0 Å². The maximum absolute atomic E-state index is 12.5. The van der Waals surface area contributed by atoms with Crippen molar-refractivity contribution < 1.29 is 9.59 Å². The van der Waals surface area contributed by atoms with E-state index in [1.807, 2.05) is 54.6 Å². The molecule has 3 rings (SSSR count). The highest BCUT2D eigenvalue weighted by Gasteiger charge is 2.11. The maximum atomic E-state index is 12.5. The minimum absolute atomic E-state index is 0.208. The molecule has 0 bridgehead atoms. The zero-order valence-electron chi connectivity index (χ0n) is 15.2. The lowest BCUT2D eigenvalue weighted by molar-refractivity contribution is 0.0951. The van der Waals surface area contributed by atoms with Gasteiger partial charge in [0, 0.05) is 23.4 Å². The fourth-order valence-corrected chi connectivity index (χ4v) is 2.71. The van der Waals surface area contributed by atoms with Gasteiger partial charge < -0.3 is 10.6 Å². The van der Waals surface area contributed by atoms with Crippen molar-refractivity contribution >= 4 is 17.5 Å². The third-order valence-electron chi connectivity index (χ3n) is 4.30.